The van der Waals surface area contributed by atoms with Gasteiger partial charge in [-0.15, -0.1) is 23.1 Å². The number of hydrogen-bond acceptors (Lipinski definition) is 5. The fraction of sp³-hybridized carbons (Fsp3) is 0.0625. The molecule has 22 heavy (non-hydrogen) atoms. The Bertz CT molecular complexity index is 770. The highest BCUT2D eigenvalue weighted by molar-refractivity contribution is 7.98. The van der Waals surface area contributed by atoms with Gasteiger partial charge < -0.3 is 5.32 Å². The third-order valence-corrected chi connectivity index (χ3v) is 4.51. The van der Waals surface area contributed by atoms with Crippen molar-refractivity contribution >= 4 is 34.7 Å². The van der Waals surface area contributed by atoms with E-state index in [-0.39, 0.29) is 5.91 Å². The molecule has 1 aromatic carbocycles. The summed E-state index contributed by atoms with van der Waals surface area (Å²) in [6, 6.07) is 13.5. The molecule has 6 heteroatoms. The molecular weight excluding hydrogens is 314 g/mol. The first-order valence-electron chi connectivity index (χ1n) is 6.58. The Balaban J connectivity index is 1.74. The molecule has 2 aromatic heterocycles. The smallest absolute Gasteiger partial charge is 0.275 e. The van der Waals surface area contributed by atoms with Gasteiger partial charge in [-0.25, -0.2) is 9.97 Å². The lowest BCUT2D eigenvalue weighted by Crippen LogP contribution is -2.12. The molecule has 110 valence electrons. The predicted octanol–water partition coefficient (Wildman–Crippen LogP) is 4.18. The maximum Gasteiger partial charge on any atom is 0.275 e. The number of rotatable bonds is 4. The van der Waals surface area contributed by atoms with Crippen LogP contribution in [0, 0.1) is 0 Å². The first-order valence-corrected chi connectivity index (χ1v) is 8.69. The van der Waals surface area contributed by atoms with Crippen LogP contribution in [0.5, 0.6) is 0 Å². The van der Waals surface area contributed by atoms with Gasteiger partial charge in [-0.2, -0.15) is 0 Å². The molecule has 1 amide bonds. The van der Waals surface area contributed by atoms with E-state index in [4.69, 9.17) is 0 Å². The second-order valence-corrected chi connectivity index (χ2v) is 6.13. The summed E-state index contributed by atoms with van der Waals surface area (Å²) in [5, 5.41) is 6.32. The molecule has 0 atom stereocenters. The summed E-state index contributed by atoms with van der Waals surface area (Å²) >= 11 is 3.02. The Morgan fingerprint density at radius 1 is 1.18 bits per heavy atom. The quantitative estimate of drug-likeness (QED) is 0.730. The van der Waals surface area contributed by atoms with E-state index in [9.17, 15) is 4.79 Å². The van der Waals surface area contributed by atoms with E-state index in [2.05, 4.69) is 15.3 Å². The molecule has 2 heterocycles. The third-order valence-electron chi connectivity index (χ3n) is 2.96. The van der Waals surface area contributed by atoms with Crippen molar-refractivity contribution in [3.05, 3.63) is 59.7 Å². The first-order chi connectivity index (χ1) is 10.8. The molecule has 0 radical (unpaired) electrons. The van der Waals surface area contributed by atoms with Crippen molar-refractivity contribution in [1.82, 2.24) is 9.97 Å². The lowest BCUT2D eigenvalue weighted by molar-refractivity contribution is 0.102. The summed E-state index contributed by atoms with van der Waals surface area (Å²) in [5.41, 5.74) is 2.09. The third kappa shape index (κ3) is 3.35. The molecule has 1 N–H and O–H groups in total. The van der Waals surface area contributed by atoms with Crippen molar-refractivity contribution in [2.24, 2.45) is 0 Å². The van der Waals surface area contributed by atoms with Crippen LogP contribution in [0.1, 0.15) is 10.5 Å². The van der Waals surface area contributed by atoms with Gasteiger partial charge in [0.05, 0.1) is 16.9 Å². The molecule has 0 saturated heterocycles. The van der Waals surface area contributed by atoms with E-state index in [1.54, 1.807) is 23.3 Å². The largest absolute Gasteiger partial charge is 0.319 e. The summed E-state index contributed by atoms with van der Waals surface area (Å²) in [4.78, 5) is 20.8. The van der Waals surface area contributed by atoms with E-state index in [0.29, 0.717) is 11.4 Å². The molecule has 0 aliphatic carbocycles. The number of hydrogen-bond donors (Lipinski definition) is 1. The Labute approximate surface area is 136 Å². The van der Waals surface area contributed by atoms with Crippen molar-refractivity contribution < 1.29 is 4.79 Å². The Kier molecular flexibility index (Phi) is 4.50. The number of amides is 1. The molecule has 3 aromatic rings. The second kappa shape index (κ2) is 6.72. The molecule has 0 unspecified atom stereocenters. The molecular formula is C16H13N3OS2. The van der Waals surface area contributed by atoms with Gasteiger partial charge in [-0.1, -0.05) is 30.3 Å². The minimum absolute atomic E-state index is 0.225. The van der Waals surface area contributed by atoms with Crippen LogP contribution in [0.4, 0.5) is 5.69 Å². The molecule has 0 aliphatic heterocycles. The topological polar surface area (TPSA) is 54.9 Å². The van der Waals surface area contributed by atoms with Crippen LogP contribution < -0.4 is 5.32 Å². The van der Waals surface area contributed by atoms with Gasteiger partial charge in [0.2, 0.25) is 0 Å². The maximum absolute atomic E-state index is 12.2. The number of nitrogens with one attached hydrogen (secondary N) is 1. The summed E-state index contributed by atoms with van der Waals surface area (Å²) in [6.45, 7) is 0. The number of aromatic nitrogens is 2. The Hall–Kier alpha value is -2.18. The van der Waals surface area contributed by atoms with E-state index in [1.807, 2.05) is 48.7 Å². The highest BCUT2D eigenvalue weighted by Gasteiger charge is 2.12. The van der Waals surface area contributed by atoms with Crippen molar-refractivity contribution in [3.8, 4) is 10.6 Å². The number of thioether (sulfide) groups is 1. The lowest BCUT2D eigenvalue weighted by Gasteiger charge is -2.03. The summed E-state index contributed by atoms with van der Waals surface area (Å²) in [5.74, 6) is -0.225. The molecule has 3 rings (SSSR count). The average Bonchev–Trinajstić information content (AvgIpc) is 3.06. The van der Waals surface area contributed by atoms with Crippen molar-refractivity contribution in [2.45, 2.75) is 5.03 Å². The minimum atomic E-state index is -0.225. The van der Waals surface area contributed by atoms with Gasteiger partial charge in [0.25, 0.3) is 5.91 Å². The molecule has 0 saturated carbocycles. The zero-order valence-electron chi connectivity index (χ0n) is 11.8. The summed E-state index contributed by atoms with van der Waals surface area (Å²) in [7, 11) is 0. The lowest BCUT2D eigenvalue weighted by atomic mass is 10.2. The van der Waals surface area contributed by atoms with Gasteiger partial charge in [0, 0.05) is 10.9 Å². The van der Waals surface area contributed by atoms with Gasteiger partial charge in [0.15, 0.2) is 0 Å². The van der Waals surface area contributed by atoms with Gasteiger partial charge >= 0.3 is 0 Å². The maximum atomic E-state index is 12.2. The van der Waals surface area contributed by atoms with Crippen LogP contribution in [-0.4, -0.2) is 22.1 Å². The molecule has 0 bridgehead atoms. The molecule has 4 nitrogen and oxygen atoms in total. The van der Waals surface area contributed by atoms with Crippen LogP contribution in [0.25, 0.3) is 10.6 Å². The highest BCUT2D eigenvalue weighted by atomic mass is 32.2. The Morgan fingerprint density at radius 2 is 2.00 bits per heavy atom. The number of pyridine rings is 1. The van der Waals surface area contributed by atoms with E-state index in [0.717, 1.165) is 15.6 Å². The number of thiazole rings is 1. The van der Waals surface area contributed by atoms with E-state index >= 15 is 0 Å². The van der Waals surface area contributed by atoms with Gasteiger partial charge in [-0.3, -0.25) is 4.79 Å². The van der Waals surface area contributed by atoms with E-state index < -0.39 is 0 Å². The van der Waals surface area contributed by atoms with Crippen LogP contribution in [0.3, 0.4) is 0 Å². The van der Waals surface area contributed by atoms with E-state index in [1.165, 1.54) is 11.3 Å². The Morgan fingerprint density at radius 3 is 2.68 bits per heavy atom. The van der Waals surface area contributed by atoms with Crippen molar-refractivity contribution in [2.75, 3.05) is 11.6 Å². The average molecular weight is 327 g/mol. The highest BCUT2D eigenvalue weighted by Crippen LogP contribution is 2.23. The molecule has 0 spiro atoms. The van der Waals surface area contributed by atoms with Crippen LogP contribution in [-0.2, 0) is 0 Å². The zero-order chi connectivity index (χ0) is 15.4. The zero-order valence-corrected chi connectivity index (χ0v) is 13.4. The van der Waals surface area contributed by atoms with Gasteiger partial charge in [0.1, 0.15) is 10.7 Å². The van der Waals surface area contributed by atoms with Crippen LogP contribution >= 0.6 is 23.1 Å². The number of nitrogens with zero attached hydrogens (tertiary/aromatic N) is 2. The monoisotopic (exact) mass is 327 g/mol. The summed E-state index contributed by atoms with van der Waals surface area (Å²) in [6.07, 6.45) is 3.61. The molecule has 0 aliphatic rings. The van der Waals surface area contributed by atoms with Crippen LogP contribution in [0.2, 0.25) is 0 Å². The fourth-order valence-corrected chi connectivity index (χ4v) is 3.03. The normalized spacial score (nSPS) is 10.4. The first kappa shape index (κ1) is 14.7. The second-order valence-electron chi connectivity index (χ2n) is 4.45. The van der Waals surface area contributed by atoms with Crippen molar-refractivity contribution in [1.29, 1.82) is 0 Å². The number of carbonyl (C=O) groups excluding carboxylic acids is 1. The number of benzene rings is 1. The number of carbonyl (C=O) groups is 1. The SMILES string of the molecule is CSc1ccc(NC(=O)c2csc(-c3ccccc3)n2)cn1. The standard InChI is InChI=1S/C16H13N3OS2/c1-21-14-8-7-12(9-17-14)18-15(20)13-10-22-16(19-13)11-5-3-2-4-6-11/h2-10H,1H3,(H,18,20). The van der Waals surface area contributed by atoms with Gasteiger partial charge in [-0.05, 0) is 18.4 Å². The summed E-state index contributed by atoms with van der Waals surface area (Å²) < 4.78 is 0. The predicted molar refractivity (Wildman–Crippen MR) is 91.5 cm³/mol. The van der Waals surface area contributed by atoms with Crippen LogP contribution in [0.15, 0.2) is 59.1 Å². The molecule has 0 fully saturated rings. The fourth-order valence-electron chi connectivity index (χ4n) is 1.86. The number of anilines is 1. The van der Waals surface area contributed by atoms with Crippen molar-refractivity contribution in [3.63, 3.8) is 0 Å². The minimum Gasteiger partial charge on any atom is -0.319 e.